The molecule has 11 heteroatoms. The Balaban J connectivity index is 1.85. The van der Waals surface area contributed by atoms with E-state index < -0.39 is 30.4 Å². The summed E-state index contributed by atoms with van der Waals surface area (Å²) >= 11 is 6.33. The van der Waals surface area contributed by atoms with E-state index in [1.165, 1.54) is 6.92 Å². The first kappa shape index (κ1) is 21.9. The van der Waals surface area contributed by atoms with Crippen LogP contribution in [0.3, 0.4) is 0 Å². The van der Waals surface area contributed by atoms with Gasteiger partial charge in [0.15, 0.2) is 17.2 Å². The molecule has 0 radical (unpaired) electrons. The van der Waals surface area contributed by atoms with Crippen molar-refractivity contribution in [3.8, 4) is 23.0 Å². The number of H-pyrrole nitrogens is 1. The van der Waals surface area contributed by atoms with E-state index in [2.05, 4.69) is 25.5 Å². The molecule has 8 nitrogen and oxygen atoms in total. The number of aliphatic hydroxyl groups is 2. The maximum Gasteiger partial charge on any atom is 0.326 e. The summed E-state index contributed by atoms with van der Waals surface area (Å²) in [6.07, 6.45) is -0.931. The minimum Gasteiger partial charge on any atom is -0.421 e. The topological polar surface area (TPSA) is 116 Å². The maximum atomic E-state index is 14.1. The number of nitrogens with one attached hydrogen (secondary N) is 2. The first-order valence-corrected chi connectivity index (χ1v) is 9.94. The number of aliphatic hydroxyl groups excluding tert-OH is 2. The van der Waals surface area contributed by atoms with Crippen LogP contribution < -0.4 is 10.1 Å². The third-order valence-electron chi connectivity index (χ3n) is 4.73. The van der Waals surface area contributed by atoms with E-state index in [0.29, 0.717) is 27.7 Å². The van der Waals surface area contributed by atoms with Gasteiger partial charge in [-0.05, 0) is 25.1 Å². The lowest BCUT2D eigenvalue weighted by Crippen LogP contribution is -2.35. The molecule has 32 heavy (non-hydrogen) atoms. The SMILES string of the molecule is C[C@H](O)[C@H](CO)Nc1nc(Oc2ccc(F)cc2F)nc2n[nH]c(-c3ccccc3Cl)c12. The van der Waals surface area contributed by atoms with Crippen LogP contribution in [0.4, 0.5) is 14.6 Å². The van der Waals surface area contributed by atoms with Crippen LogP contribution in [-0.4, -0.2) is 49.1 Å². The van der Waals surface area contributed by atoms with Gasteiger partial charge in [0.2, 0.25) is 0 Å². The number of hydrogen-bond donors (Lipinski definition) is 4. The number of benzene rings is 2. The number of nitrogens with zero attached hydrogens (tertiary/aromatic N) is 3. The molecule has 4 aromatic rings. The molecule has 0 saturated carbocycles. The third-order valence-corrected chi connectivity index (χ3v) is 5.06. The quantitative estimate of drug-likeness (QED) is 0.330. The summed E-state index contributed by atoms with van der Waals surface area (Å²) in [6, 6.07) is 8.82. The molecule has 0 aliphatic heterocycles. The van der Waals surface area contributed by atoms with Gasteiger partial charge in [-0.2, -0.15) is 15.1 Å². The van der Waals surface area contributed by atoms with Gasteiger partial charge in [0, 0.05) is 16.7 Å². The molecule has 0 spiro atoms. The zero-order chi connectivity index (χ0) is 22.8. The highest BCUT2D eigenvalue weighted by Crippen LogP contribution is 2.36. The molecule has 166 valence electrons. The van der Waals surface area contributed by atoms with Crippen LogP contribution in [0.1, 0.15) is 6.92 Å². The van der Waals surface area contributed by atoms with Crippen molar-refractivity contribution in [2.75, 3.05) is 11.9 Å². The van der Waals surface area contributed by atoms with Gasteiger partial charge in [-0.1, -0.05) is 29.8 Å². The number of rotatable bonds is 7. The smallest absolute Gasteiger partial charge is 0.326 e. The number of hydrogen-bond acceptors (Lipinski definition) is 7. The van der Waals surface area contributed by atoms with Gasteiger partial charge in [0.05, 0.1) is 29.8 Å². The van der Waals surface area contributed by atoms with E-state index in [1.54, 1.807) is 24.3 Å². The number of aromatic nitrogens is 4. The van der Waals surface area contributed by atoms with Crippen molar-refractivity contribution in [1.82, 2.24) is 20.2 Å². The fraction of sp³-hybridized carbons (Fsp3) is 0.190. The molecule has 0 bridgehead atoms. The molecule has 0 aliphatic rings. The average Bonchev–Trinajstić information content (AvgIpc) is 3.18. The van der Waals surface area contributed by atoms with E-state index in [9.17, 15) is 19.0 Å². The predicted molar refractivity (Wildman–Crippen MR) is 115 cm³/mol. The minimum atomic E-state index is -0.931. The molecule has 0 amide bonds. The molecular formula is C21H18ClF2N5O3. The summed E-state index contributed by atoms with van der Waals surface area (Å²) in [4.78, 5) is 8.49. The molecule has 2 aromatic heterocycles. The zero-order valence-electron chi connectivity index (χ0n) is 16.7. The first-order valence-electron chi connectivity index (χ1n) is 9.56. The van der Waals surface area contributed by atoms with Crippen LogP contribution in [0.25, 0.3) is 22.3 Å². The van der Waals surface area contributed by atoms with Gasteiger partial charge < -0.3 is 20.3 Å². The predicted octanol–water partition coefficient (Wildman–Crippen LogP) is 3.90. The van der Waals surface area contributed by atoms with Crippen LogP contribution in [0.5, 0.6) is 11.8 Å². The van der Waals surface area contributed by atoms with Crippen LogP contribution in [0, 0.1) is 11.6 Å². The van der Waals surface area contributed by atoms with E-state index >= 15 is 0 Å². The lowest BCUT2D eigenvalue weighted by Gasteiger charge is -2.20. The molecular weight excluding hydrogens is 444 g/mol. The Kier molecular flexibility index (Phi) is 6.17. The van der Waals surface area contributed by atoms with Crippen LogP contribution >= 0.6 is 11.6 Å². The number of ether oxygens (including phenoxy) is 1. The Morgan fingerprint density at radius 3 is 2.66 bits per heavy atom. The second kappa shape index (κ2) is 9.03. The number of halogens is 3. The molecule has 2 atom stereocenters. The number of aromatic amines is 1. The largest absolute Gasteiger partial charge is 0.421 e. The summed E-state index contributed by atoms with van der Waals surface area (Å²) in [7, 11) is 0. The summed E-state index contributed by atoms with van der Waals surface area (Å²) in [5.41, 5.74) is 1.28. The minimum absolute atomic E-state index is 0.163. The first-order chi connectivity index (χ1) is 15.4. The van der Waals surface area contributed by atoms with Crippen LogP contribution in [-0.2, 0) is 0 Å². The fourth-order valence-corrected chi connectivity index (χ4v) is 3.29. The average molecular weight is 462 g/mol. The van der Waals surface area contributed by atoms with Gasteiger partial charge in [-0.3, -0.25) is 5.10 Å². The van der Waals surface area contributed by atoms with Crippen molar-refractivity contribution in [3.63, 3.8) is 0 Å². The molecule has 0 saturated heterocycles. The van der Waals surface area contributed by atoms with Gasteiger partial charge in [0.1, 0.15) is 11.6 Å². The summed E-state index contributed by atoms with van der Waals surface area (Å²) in [6.45, 7) is 1.10. The molecule has 4 N–H and O–H groups in total. The molecule has 0 unspecified atom stereocenters. The lowest BCUT2D eigenvalue weighted by molar-refractivity contribution is 0.132. The second-order valence-electron chi connectivity index (χ2n) is 6.98. The van der Waals surface area contributed by atoms with E-state index in [1.807, 2.05) is 0 Å². The Morgan fingerprint density at radius 2 is 1.97 bits per heavy atom. The number of fused-ring (bicyclic) bond motifs is 1. The normalized spacial score (nSPS) is 13.2. The standard InChI is InChI=1S/C21H18ClF2N5O3/c1-10(31)15(9-30)25-19-17-18(12-4-2-3-5-13(12)22)28-29-20(17)27-21(26-19)32-16-7-6-11(23)8-14(16)24/h2-8,10,15,30-31H,9H2,1H3,(H2,25,26,27,28,29)/t10-,15-/m0/s1. The van der Waals surface area contributed by atoms with Crippen molar-refractivity contribution >= 4 is 28.5 Å². The Morgan fingerprint density at radius 1 is 1.19 bits per heavy atom. The third kappa shape index (κ3) is 4.33. The highest BCUT2D eigenvalue weighted by molar-refractivity contribution is 6.33. The summed E-state index contributed by atoms with van der Waals surface area (Å²) in [5, 5.41) is 30.5. The van der Waals surface area contributed by atoms with Crippen LogP contribution in [0.2, 0.25) is 5.02 Å². The van der Waals surface area contributed by atoms with Crippen molar-refractivity contribution < 1.29 is 23.7 Å². The highest BCUT2D eigenvalue weighted by atomic mass is 35.5. The van der Waals surface area contributed by atoms with Crippen molar-refractivity contribution in [2.24, 2.45) is 0 Å². The van der Waals surface area contributed by atoms with Gasteiger partial charge >= 0.3 is 6.01 Å². The van der Waals surface area contributed by atoms with E-state index in [0.717, 1.165) is 12.1 Å². The molecule has 2 heterocycles. The lowest BCUT2D eigenvalue weighted by atomic mass is 10.1. The van der Waals surface area contributed by atoms with Gasteiger partial charge in [0.25, 0.3) is 0 Å². The summed E-state index contributed by atoms with van der Waals surface area (Å²) in [5.74, 6) is -1.81. The Hall–Kier alpha value is -3.34. The van der Waals surface area contributed by atoms with Gasteiger partial charge in [-0.15, -0.1) is 0 Å². The monoisotopic (exact) mass is 461 g/mol. The van der Waals surface area contributed by atoms with E-state index in [4.69, 9.17) is 16.3 Å². The number of anilines is 1. The highest BCUT2D eigenvalue weighted by Gasteiger charge is 2.23. The van der Waals surface area contributed by atoms with Crippen molar-refractivity contribution in [1.29, 1.82) is 0 Å². The zero-order valence-corrected chi connectivity index (χ0v) is 17.4. The van der Waals surface area contributed by atoms with Crippen LogP contribution in [0.15, 0.2) is 42.5 Å². The molecule has 0 aliphatic carbocycles. The Labute approximate surface area is 185 Å². The van der Waals surface area contributed by atoms with E-state index in [-0.39, 0.29) is 23.2 Å². The van der Waals surface area contributed by atoms with Crippen molar-refractivity contribution in [2.45, 2.75) is 19.1 Å². The van der Waals surface area contributed by atoms with Crippen molar-refractivity contribution in [3.05, 3.63) is 59.1 Å². The molecule has 0 fully saturated rings. The molecule has 2 aromatic carbocycles. The second-order valence-corrected chi connectivity index (χ2v) is 7.39. The maximum absolute atomic E-state index is 14.1. The fourth-order valence-electron chi connectivity index (χ4n) is 3.06. The molecule has 4 rings (SSSR count). The summed E-state index contributed by atoms with van der Waals surface area (Å²) < 4.78 is 32.7. The van der Waals surface area contributed by atoms with Gasteiger partial charge in [-0.25, -0.2) is 8.78 Å². The Bertz CT molecular complexity index is 1270.